The van der Waals surface area contributed by atoms with E-state index in [1.807, 2.05) is 12.1 Å². The zero-order valence-electron chi connectivity index (χ0n) is 18.1. The van der Waals surface area contributed by atoms with Crippen molar-refractivity contribution in [2.24, 2.45) is 0 Å². The average Bonchev–Trinajstić information content (AvgIpc) is 2.86. The Balaban J connectivity index is 1.65. The molecule has 0 spiro atoms. The topological polar surface area (TPSA) is 89.5 Å². The molecule has 0 unspecified atom stereocenters. The van der Waals surface area contributed by atoms with Gasteiger partial charge in [0.05, 0.1) is 30.6 Å². The number of hydrogen-bond acceptors (Lipinski definition) is 5. The smallest absolute Gasteiger partial charge is 0.253 e. The highest BCUT2D eigenvalue weighted by Crippen LogP contribution is 2.28. The number of carbonyl (C=O) groups is 2. The Morgan fingerprint density at radius 2 is 1.91 bits per heavy atom. The molecule has 0 aliphatic rings. The third-order valence-corrected chi connectivity index (χ3v) is 4.51. The number of amides is 2. The number of rotatable bonds is 9. The maximum absolute atomic E-state index is 12.6. The van der Waals surface area contributed by atoms with Gasteiger partial charge in [0, 0.05) is 12.3 Å². The predicted octanol–water partition coefficient (Wildman–Crippen LogP) is 3.68. The Hall–Kier alpha value is -4.57. The molecule has 1 heterocycles. The first-order valence-corrected chi connectivity index (χ1v) is 10.1. The SMILES string of the molecule is C#CCOc1ccc(C=CC(=O)Nc2ccccc2C(=O)NCc2ccccn2)cc1OC. The van der Waals surface area contributed by atoms with Crippen LogP contribution in [-0.4, -0.2) is 30.5 Å². The summed E-state index contributed by atoms with van der Waals surface area (Å²) in [5.74, 6) is 2.72. The summed E-state index contributed by atoms with van der Waals surface area (Å²) in [6.07, 6.45) is 9.88. The van der Waals surface area contributed by atoms with Gasteiger partial charge in [-0.3, -0.25) is 14.6 Å². The van der Waals surface area contributed by atoms with Gasteiger partial charge in [-0.15, -0.1) is 6.42 Å². The highest BCUT2D eigenvalue weighted by atomic mass is 16.5. The number of pyridine rings is 1. The zero-order chi connectivity index (χ0) is 23.5. The van der Waals surface area contributed by atoms with Crippen molar-refractivity contribution in [2.75, 3.05) is 19.0 Å². The molecule has 33 heavy (non-hydrogen) atoms. The Labute approximate surface area is 192 Å². The zero-order valence-corrected chi connectivity index (χ0v) is 18.1. The molecule has 2 N–H and O–H groups in total. The fraction of sp³-hybridized carbons (Fsp3) is 0.115. The number of terminal acetylenes is 1. The van der Waals surface area contributed by atoms with E-state index < -0.39 is 0 Å². The normalized spacial score (nSPS) is 10.3. The number of carbonyl (C=O) groups excluding carboxylic acids is 2. The van der Waals surface area contributed by atoms with E-state index >= 15 is 0 Å². The van der Waals surface area contributed by atoms with Crippen molar-refractivity contribution in [3.05, 3.63) is 89.8 Å². The molecular formula is C26H23N3O4. The summed E-state index contributed by atoms with van der Waals surface area (Å²) >= 11 is 0. The lowest BCUT2D eigenvalue weighted by Crippen LogP contribution is -2.25. The van der Waals surface area contributed by atoms with E-state index in [-0.39, 0.29) is 25.0 Å². The van der Waals surface area contributed by atoms with Gasteiger partial charge >= 0.3 is 0 Å². The Morgan fingerprint density at radius 3 is 2.67 bits per heavy atom. The average molecular weight is 441 g/mol. The maximum Gasteiger partial charge on any atom is 0.253 e. The molecule has 2 amide bonds. The van der Waals surface area contributed by atoms with E-state index in [1.54, 1.807) is 60.8 Å². The molecule has 0 aliphatic heterocycles. The number of anilines is 1. The second kappa shape index (κ2) is 11.7. The fourth-order valence-electron chi connectivity index (χ4n) is 2.93. The summed E-state index contributed by atoms with van der Waals surface area (Å²) in [4.78, 5) is 29.3. The largest absolute Gasteiger partial charge is 0.493 e. The van der Waals surface area contributed by atoms with Gasteiger partial charge in [-0.05, 0) is 48.0 Å². The van der Waals surface area contributed by atoms with Crippen LogP contribution in [0.15, 0.2) is 72.9 Å². The standard InChI is InChI=1S/C26H23N3O4/c1-3-16-33-23-13-11-19(17-24(23)32-2)12-14-25(30)29-22-10-5-4-9-21(22)26(31)28-18-20-8-6-7-15-27-20/h1,4-15,17H,16,18H2,2H3,(H,28,31)(H,29,30). The van der Waals surface area contributed by atoms with Crippen LogP contribution < -0.4 is 20.1 Å². The van der Waals surface area contributed by atoms with Gasteiger partial charge in [0.25, 0.3) is 5.91 Å². The van der Waals surface area contributed by atoms with E-state index in [0.29, 0.717) is 22.7 Å². The number of methoxy groups -OCH3 is 1. The molecule has 166 valence electrons. The molecule has 7 nitrogen and oxygen atoms in total. The van der Waals surface area contributed by atoms with Gasteiger partial charge in [0.15, 0.2) is 11.5 Å². The molecule has 1 aromatic heterocycles. The minimum absolute atomic E-state index is 0.128. The van der Waals surface area contributed by atoms with E-state index in [4.69, 9.17) is 15.9 Å². The first kappa shape index (κ1) is 23.1. The molecule has 2 aromatic carbocycles. The Morgan fingerprint density at radius 1 is 1.09 bits per heavy atom. The van der Waals surface area contributed by atoms with Crippen LogP contribution >= 0.6 is 0 Å². The third kappa shape index (κ3) is 6.71. The van der Waals surface area contributed by atoms with Crippen molar-refractivity contribution >= 4 is 23.6 Å². The molecule has 0 saturated heterocycles. The highest BCUT2D eigenvalue weighted by Gasteiger charge is 2.12. The molecule has 0 bridgehead atoms. The molecule has 0 fully saturated rings. The van der Waals surface area contributed by atoms with Crippen molar-refractivity contribution in [3.8, 4) is 23.8 Å². The molecule has 7 heteroatoms. The van der Waals surface area contributed by atoms with E-state index in [2.05, 4.69) is 21.5 Å². The minimum atomic E-state index is -0.383. The predicted molar refractivity (Wildman–Crippen MR) is 127 cm³/mol. The van der Waals surface area contributed by atoms with Crippen LogP contribution in [0.1, 0.15) is 21.6 Å². The summed E-state index contributed by atoms with van der Waals surface area (Å²) in [7, 11) is 1.52. The molecule has 0 saturated carbocycles. The summed E-state index contributed by atoms with van der Waals surface area (Å²) in [5.41, 5.74) is 2.23. The fourth-order valence-corrected chi connectivity index (χ4v) is 2.93. The Kier molecular flexibility index (Phi) is 8.21. The second-order valence-corrected chi connectivity index (χ2v) is 6.78. The number of benzene rings is 2. The molecule has 0 atom stereocenters. The van der Waals surface area contributed by atoms with Crippen molar-refractivity contribution in [1.82, 2.24) is 10.3 Å². The summed E-state index contributed by atoms with van der Waals surface area (Å²) in [5, 5.41) is 5.56. The number of hydrogen-bond donors (Lipinski definition) is 2. The first-order chi connectivity index (χ1) is 16.1. The monoisotopic (exact) mass is 441 g/mol. The number of nitrogens with zero attached hydrogens (tertiary/aromatic N) is 1. The van der Waals surface area contributed by atoms with Gasteiger partial charge in [0.1, 0.15) is 6.61 Å². The van der Waals surface area contributed by atoms with Gasteiger partial charge in [0.2, 0.25) is 5.91 Å². The van der Waals surface area contributed by atoms with Crippen molar-refractivity contribution < 1.29 is 19.1 Å². The quantitative estimate of drug-likeness (QED) is 0.391. The van der Waals surface area contributed by atoms with Gasteiger partial charge in [-0.1, -0.05) is 30.2 Å². The summed E-state index contributed by atoms with van der Waals surface area (Å²) in [6.45, 7) is 0.410. The van der Waals surface area contributed by atoms with Crippen molar-refractivity contribution in [3.63, 3.8) is 0 Å². The maximum atomic E-state index is 12.6. The number of aromatic nitrogens is 1. The lowest BCUT2D eigenvalue weighted by molar-refractivity contribution is -0.111. The van der Waals surface area contributed by atoms with Gasteiger partial charge in [-0.25, -0.2) is 0 Å². The van der Waals surface area contributed by atoms with Gasteiger partial charge in [-0.2, -0.15) is 0 Å². The molecule has 3 aromatic rings. The molecule has 3 rings (SSSR count). The molecule has 0 aliphatic carbocycles. The van der Waals surface area contributed by atoms with Crippen LogP contribution in [-0.2, 0) is 11.3 Å². The van der Waals surface area contributed by atoms with Crippen LogP contribution in [0.5, 0.6) is 11.5 Å². The number of nitrogens with one attached hydrogen (secondary N) is 2. The van der Waals surface area contributed by atoms with E-state index in [9.17, 15) is 9.59 Å². The molecular weight excluding hydrogens is 418 g/mol. The van der Waals surface area contributed by atoms with Crippen molar-refractivity contribution in [1.29, 1.82) is 0 Å². The lowest BCUT2D eigenvalue weighted by atomic mass is 10.1. The third-order valence-electron chi connectivity index (χ3n) is 4.51. The van der Waals surface area contributed by atoms with E-state index in [1.165, 1.54) is 13.2 Å². The summed E-state index contributed by atoms with van der Waals surface area (Å²) in [6, 6.07) is 17.5. The first-order valence-electron chi connectivity index (χ1n) is 10.1. The lowest BCUT2D eigenvalue weighted by Gasteiger charge is -2.10. The van der Waals surface area contributed by atoms with Crippen LogP contribution in [0, 0.1) is 12.3 Å². The van der Waals surface area contributed by atoms with Crippen molar-refractivity contribution in [2.45, 2.75) is 6.54 Å². The van der Waals surface area contributed by atoms with Crippen LogP contribution in [0.2, 0.25) is 0 Å². The summed E-state index contributed by atoms with van der Waals surface area (Å²) < 4.78 is 10.7. The number of para-hydroxylation sites is 1. The number of ether oxygens (including phenoxy) is 2. The second-order valence-electron chi connectivity index (χ2n) is 6.78. The highest BCUT2D eigenvalue weighted by molar-refractivity contribution is 6.07. The minimum Gasteiger partial charge on any atom is -0.493 e. The Bertz CT molecular complexity index is 1180. The van der Waals surface area contributed by atoms with Crippen LogP contribution in [0.3, 0.4) is 0 Å². The molecule has 0 radical (unpaired) electrons. The van der Waals surface area contributed by atoms with Crippen LogP contribution in [0.25, 0.3) is 6.08 Å². The van der Waals surface area contributed by atoms with Gasteiger partial charge < -0.3 is 20.1 Å². The van der Waals surface area contributed by atoms with Crippen LogP contribution in [0.4, 0.5) is 5.69 Å². The van der Waals surface area contributed by atoms with E-state index in [0.717, 1.165) is 11.3 Å².